The highest BCUT2D eigenvalue weighted by atomic mass is 35.5. The standard InChI is InChI=1S/C23H21ClN2O4/c1-29-19-3-2-4-20-21(19)18(27)12-23(30-20)7-9-26(10-8-23)22(28)14-5-6-15-16(24)13-25-17(15)11-14/h2-6,11,13,25H,7-10,12H2,1H3. The van der Waals surface area contributed by atoms with Gasteiger partial charge in [-0.05, 0) is 24.3 Å². The Hall–Kier alpha value is -2.99. The monoisotopic (exact) mass is 424 g/mol. The Bertz CT molecular complexity index is 1160. The highest BCUT2D eigenvalue weighted by Crippen LogP contribution is 2.42. The van der Waals surface area contributed by atoms with Crippen LogP contribution >= 0.6 is 11.6 Å². The summed E-state index contributed by atoms with van der Waals surface area (Å²) in [6, 6.07) is 10.9. The number of likely N-dealkylation sites (tertiary alicyclic amines) is 1. The van der Waals surface area contributed by atoms with E-state index in [1.807, 2.05) is 29.2 Å². The minimum Gasteiger partial charge on any atom is -0.496 e. The van der Waals surface area contributed by atoms with Crippen LogP contribution in [0.25, 0.3) is 10.9 Å². The third kappa shape index (κ3) is 3.03. The number of ketones is 1. The summed E-state index contributed by atoms with van der Waals surface area (Å²) in [5.41, 5.74) is 1.41. The fraction of sp³-hybridized carbons (Fsp3) is 0.304. The number of carbonyl (C=O) groups excluding carboxylic acids is 2. The van der Waals surface area contributed by atoms with Crippen LogP contribution in [0, 0.1) is 0 Å². The molecule has 154 valence electrons. The van der Waals surface area contributed by atoms with Crippen molar-refractivity contribution < 1.29 is 19.1 Å². The second kappa shape index (κ2) is 7.06. The number of rotatable bonds is 2. The number of halogens is 1. The predicted molar refractivity (Wildman–Crippen MR) is 114 cm³/mol. The number of methoxy groups -OCH3 is 1. The molecule has 0 unspecified atom stereocenters. The normalized spacial score (nSPS) is 17.7. The third-order valence-electron chi connectivity index (χ3n) is 6.14. The molecule has 3 aromatic rings. The number of aromatic amines is 1. The molecule has 1 spiro atoms. The van der Waals surface area contributed by atoms with Gasteiger partial charge < -0.3 is 19.4 Å². The van der Waals surface area contributed by atoms with E-state index in [2.05, 4.69) is 4.98 Å². The first-order valence-corrected chi connectivity index (χ1v) is 10.3. The summed E-state index contributed by atoms with van der Waals surface area (Å²) in [7, 11) is 1.55. The summed E-state index contributed by atoms with van der Waals surface area (Å²) in [5.74, 6) is 1.11. The van der Waals surface area contributed by atoms with Crippen molar-refractivity contribution in [3.05, 3.63) is 58.7 Å². The number of piperidine rings is 1. The fourth-order valence-corrected chi connectivity index (χ4v) is 4.71. The lowest BCUT2D eigenvalue weighted by molar-refractivity contribution is -0.00598. The van der Waals surface area contributed by atoms with E-state index in [-0.39, 0.29) is 11.7 Å². The van der Waals surface area contributed by atoms with Crippen LogP contribution in [0.15, 0.2) is 42.6 Å². The van der Waals surface area contributed by atoms with Crippen molar-refractivity contribution in [1.29, 1.82) is 0 Å². The van der Waals surface area contributed by atoms with Crippen molar-refractivity contribution in [3.63, 3.8) is 0 Å². The zero-order valence-corrected chi connectivity index (χ0v) is 17.3. The van der Waals surface area contributed by atoms with Crippen LogP contribution in [0.1, 0.15) is 40.0 Å². The molecule has 2 aromatic carbocycles. The topological polar surface area (TPSA) is 71.6 Å². The average molecular weight is 425 g/mol. The minimum absolute atomic E-state index is 0.0262. The molecule has 0 radical (unpaired) electrons. The molecule has 2 aliphatic rings. The Kier molecular flexibility index (Phi) is 4.47. The highest BCUT2D eigenvalue weighted by molar-refractivity contribution is 6.35. The zero-order chi connectivity index (χ0) is 20.9. The molecule has 6 nitrogen and oxygen atoms in total. The van der Waals surface area contributed by atoms with Crippen molar-refractivity contribution in [2.75, 3.05) is 20.2 Å². The molecular weight excluding hydrogens is 404 g/mol. The number of fused-ring (bicyclic) bond motifs is 2. The Morgan fingerprint density at radius 1 is 1.23 bits per heavy atom. The maximum atomic E-state index is 13.0. The van der Waals surface area contributed by atoms with Gasteiger partial charge in [-0.15, -0.1) is 0 Å². The Balaban J connectivity index is 1.33. The van der Waals surface area contributed by atoms with Crippen molar-refractivity contribution in [3.8, 4) is 11.5 Å². The number of nitrogens with one attached hydrogen (secondary N) is 1. The van der Waals surface area contributed by atoms with Crippen molar-refractivity contribution in [2.24, 2.45) is 0 Å². The number of aromatic nitrogens is 1. The van der Waals surface area contributed by atoms with E-state index in [0.29, 0.717) is 60.0 Å². The molecule has 1 saturated heterocycles. The lowest BCUT2D eigenvalue weighted by Crippen LogP contribution is -2.52. The van der Waals surface area contributed by atoms with Crippen LogP contribution in [0.5, 0.6) is 11.5 Å². The van der Waals surface area contributed by atoms with Gasteiger partial charge in [0.25, 0.3) is 5.91 Å². The van der Waals surface area contributed by atoms with Crippen LogP contribution < -0.4 is 9.47 Å². The summed E-state index contributed by atoms with van der Waals surface area (Å²) in [4.78, 5) is 30.8. The van der Waals surface area contributed by atoms with E-state index in [0.717, 1.165) is 10.9 Å². The second-order valence-corrected chi connectivity index (χ2v) is 8.31. The average Bonchev–Trinajstić information content (AvgIpc) is 3.13. The number of carbonyl (C=O) groups is 2. The Morgan fingerprint density at radius 2 is 2.03 bits per heavy atom. The second-order valence-electron chi connectivity index (χ2n) is 7.91. The van der Waals surface area contributed by atoms with E-state index < -0.39 is 5.60 Å². The summed E-state index contributed by atoms with van der Waals surface area (Å²) >= 11 is 6.13. The molecule has 0 bridgehead atoms. The summed E-state index contributed by atoms with van der Waals surface area (Å²) in [6.07, 6.45) is 3.24. The quantitative estimate of drug-likeness (QED) is 0.658. The number of nitrogens with zero attached hydrogens (tertiary/aromatic N) is 1. The van der Waals surface area contributed by atoms with Crippen LogP contribution in [-0.4, -0.2) is 47.4 Å². The summed E-state index contributed by atoms with van der Waals surface area (Å²) in [6.45, 7) is 1.07. The largest absolute Gasteiger partial charge is 0.496 e. The van der Waals surface area contributed by atoms with Gasteiger partial charge in [-0.2, -0.15) is 0 Å². The maximum Gasteiger partial charge on any atom is 0.253 e. The number of ether oxygens (including phenoxy) is 2. The number of hydrogen-bond donors (Lipinski definition) is 1. The van der Waals surface area contributed by atoms with Crippen molar-refractivity contribution in [1.82, 2.24) is 9.88 Å². The molecule has 1 fully saturated rings. The summed E-state index contributed by atoms with van der Waals surface area (Å²) in [5, 5.41) is 1.54. The smallest absolute Gasteiger partial charge is 0.253 e. The lowest BCUT2D eigenvalue weighted by atomic mass is 9.82. The number of H-pyrrole nitrogens is 1. The number of amides is 1. The van der Waals surface area contributed by atoms with Gasteiger partial charge in [-0.1, -0.05) is 23.7 Å². The molecule has 30 heavy (non-hydrogen) atoms. The molecule has 0 atom stereocenters. The Morgan fingerprint density at radius 3 is 2.80 bits per heavy atom. The van der Waals surface area contributed by atoms with Gasteiger partial charge in [-0.25, -0.2) is 0 Å². The first-order chi connectivity index (χ1) is 14.5. The van der Waals surface area contributed by atoms with Gasteiger partial charge in [0.1, 0.15) is 22.7 Å². The van der Waals surface area contributed by atoms with Gasteiger partial charge in [-0.3, -0.25) is 9.59 Å². The van der Waals surface area contributed by atoms with E-state index in [1.165, 1.54) is 0 Å². The van der Waals surface area contributed by atoms with Crippen LogP contribution in [-0.2, 0) is 0 Å². The van der Waals surface area contributed by atoms with Crippen molar-refractivity contribution >= 4 is 34.2 Å². The van der Waals surface area contributed by atoms with Gasteiger partial charge in [0.05, 0.1) is 18.6 Å². The molecular formula is C23H21ClN2O4. The number of Topliss-reactive ketones (excluding diaryl/α,β-unsaturated/α-hetero) is 1. The highest BCUT2D eigenvalue weighted by Gasteiger charge is 2.44. The number of hydrogen-bond acceptors (Lipinski definition) is 4. The van der Waals surface area contributed by atoms with Crippen LogP contribution in [0.2, 0.25) is 5.02 Å². The van der Waals surface area contributed by atoms with Crippen LogP contribution in [0.4, 0.5) is 0 Å². The minimum atomic E-state index is -0.565. The van der Waals surface area contributed by atoms with E-state index in [9.17, 15) is 9.59 Å². The maximum absolute atomic E-state index is 13.0. The van der Waals surface area contributed by atoms with E-state index in [4.69, 9.17) is 21.1 Å². The third-order valence-corrected chi connectivity index (χ3v) is 6.45. The first kappa shape index (κ1) is 19.0. The fourth-order valence-electron chi connectivity index (χ4n) is 4.49. The predicted octanol–water partition coefficient (Wildman–Crippen LogP) is 4.47. The Labute approximate surface area is 178 Å². The van der Waals surface area contributed by atoms with Gasteiger partial charge in [0, 0.05) is 48.6 Å². The molecule has 0 aliphatic carbocycles. The zero-order valence-electron chi connectivity index (χ0n) is 16.5. The van der Waals surface area contributed by atoms with Crippen molar-refractivity contribution in [2.45, 2.75) is 24.9 Å². The number of benzene rings is 2. The molecule has 3 heterocycles. The van der Waals surface area contributed by atoms with E-state index in [1.54, 1.807) is 25.4 Å². The molecule has 0 saturated carbocycles. The van der Waals surface area contributed by atoms with E-state index >= 15 is 0 Å². The molecule has 1 N–H and O–H groups in total. The lowest BCUT2D eigenvalue weighted by Gasteiger charge is -2.44. The molecule has 1 aromatic heterocycles. The SMILES string of the molecule is COc1cccc2c1C(=O)CC1(CCN(C(=O)c3ccc4c(Cl)c[nH]c4c3)CC1)O2. The molecule has 1 amide bonds. The first-order valence-electron chi connectivity index (χ1n) is 9.95. The van der Waals surface area contributed by atoms with Gasteiger partial charge in [0.2, 0.25) is 0 Å². The van der Waals surface area contributed by atoms with Crippen LogP contribution in [0.3, 0.4) is 0 Å². The molecule has 7 heteroatoms. The molecule has 5 rings (SSSR count). The molecule has 2 aliphatic heterocycles. The van der Waals surface area contributed by atoms with Gasteiger partial charge in [0.15, 0.2) is 5.78 Å². The van der Waals surface area contributed by atoms with Gasteiger partial charge >= 0.3 is 0 Å². The summed E-state index contributed by atoms with van der Waals surface area (Å²) < 4.78 is 11.6.